The lowest BCUT2D eigenvalue weighted by Gasteiger charge is -2.16. The minimum Gasteiger partial charge on any atom is -0.289 e. The minimum absolute atomic E-state index is 0.0277. The lowest BCUT2D eigenvalue weighted by Crippen LogP contribution is -1.97. The number of thioether (sulfide) groups is 4. The van der Waals surface area contributed by atoms with Crippen LogP contribution in [0.1, 0.15) is 222 Å². The van der Waals surface area contributed by atoms with Crippen LogP contribution in [0.25, 0.3) is 55.3 Å². The Balaban J connectivity index is 1.05. The second kappa shape index (κ2) is 36.1. The number of ketones is 2. The summed E-state index contributed by atoms with van der Waals surface area (Å²) >= 11 is 9.63. The smallest absolute Gasteiger partial charge is 0.194 e. The maximum atomic E-state index is 15.3. The van der Waals surface area contributed by atoms with E-state index in [2.05, 4.69) is 137 Å². The van der Waals surface area contributed by atoms with E-state index >= 15 is 17.6 Å². The molecule has 0 fully saturated rings. The topological polar surface area (TPSA) is 129 Å². The molecule has 13 rings (SSSR count). The summed E-state index contributed by atoms with van der Waals surface area (Å²) in [5.41, 5.74) is 12.1. The fourth-order valence-electron chi connectivity index (χ4n) is 14.7. The van der Waals surface area contributed by atoms with Crippen LogP contribution >= 0.6 is 69.7 Å². The molecule has 0 unspecified atom stereocenters. The number of aryl methyl sites for hydroxylation is 4. The Morgan fingerprint density at radius 1 is 0.349 bits per heavy atom. The van der Waals surface area contributed by atoms with Crippen molar-refractivity contribution in [3.8, 4) is 45.2 Å². The van der Waals surface area contributed by atoms with Gasteiger partial charge in [-0.2, -0.15) is 21.0 Å². The van der Waals surface area contributed by atoms with Gasteiger partial charge in [-0.15, -0.1) is 34.4 Å². The molecule has 4 aliphatic rings. The third-order valence-electron chi connectivity index (χ3n) is 20.4. The standard InChI is InChI=1S/C93H80F4N4O2S6/c1-5-9-13-17-21-56-25-27-60(28-26-56)55-104-92(107-63-35-29-57(30-36-63)22-18-14-10-6-2)86-68-45-75-69(46-74(68)90-78(86)43-66(105-90)41-76-84(61(51-98)52-99)70-47-80(94)82(96)49-72(70)88(76)102)87(79-44-67(106-91(75)79)42-77-85(62(53-100)54-101)71-48-81(95)83(97)50-73(71)89(77)103)93(108-64-37-31-58(32-38-64)23-19-15-11-7-3)109-65-39-33-59(34-40-65)24-20-16-12-8-4/h25-50H,5-24,55H2,1-4H3/b76-41-,77-42-,92-86+. The van der Waals surface area contributed by atoms with E-state index in [1.54, 1.807) is 59.2 Å². The molecule has 109 heavy (non-hydrogen) atoms. The van der Waals surface area contributed by atoms with Gasteiger partial charge in [0.1, 0.15) is 35.4 Å². The number of nitriles is 4. The molecule has 4 aliphatic carbocycles. The number of hydrogen-bond acceptors (Lipinski definition) is 12. The second-order valence-corrected chi connectivity index (χ2v) is 34.9. The van der Waals surface area contributed by atoms with Crippen molar-refractivity contribution in [1.29, 1.82) is 21.0 Å². The summed E-state index contributed by atoms with van der Waals surface area (Å²) in [4.78, 5) is 35.5. The van der Waals surface area contributed by atoms with Gasteiger partial charge in [0.25, 0.3) is 0 Å². The van der Waals surface area contributed by atoms with Crippen molar-refractivity contribution in [2.75, 3.05) is 0 Å². The molecule has 0 aliphatic heterocycles. The van der Waals surface area contributed by atoms with Crippen molar-refractivity contribution in [1.82, 2.24) is 0 Å². The van der Waals surface area contributed by atoms with E-state index in [9.17, 15) is 30.6 Å². The average molecular weight is 1550 g/mol. The highest BCUT2D eigenvalue weighted by Crippen LogP contribution is 2.62. The maximum absolute atomic E-state index is 15.3. The third-order valence-corrected chi connectivity index (χ3v) is 27.4. The van der Waals surface area contributed by atoms with Crippen molar-refractivity contribution >= 4 is 116 Å². The highest BCUT2D eigenvalue weighted by Gasteiger charge is 2.40. The van der Waals surface area contributed by atoms with Crippen molar-refractivity contribution in [2.24, 2.45) is 0 Å². The number of thiophene rings is 2. The molecule has 6 nitrogen and oxygen atoms in total. The molecule has 2 aromatic heterocycles. The highest BCUT2D eigenvalue weighted by molar-refractivity contribution is 8.22. The van der Waals surface area contributed by atoms with E-state index in [4.69, 9.17) is 0 Å². The zero-order valence-corrected chi connectivity index (χ0v) is 66.3. The van der Waals surface area contributed by atoms with Crippen LogP contribution in [-0.4, -0.2) is 11.6 Å². The fraction of sp³-hybridized carbons (Fsp3) is 0.269. The predicted molar refractivity (Wildman–Crippen MR) is 445 cm³/mol. The molecule has 0 saturated carbocycles. The van der Waals surface area contributed by atoms with Crippen LogP contribution in [0.5, 0.6) is 0 Å². The van der Waals surface area contributed by atoms with Gasteiger partial charge in [0.15, 0.2) is 34.8 Å². The van der Waals surface area contributed by atoms with Gasteiger partial charge in [-0.25, -0.2) is 17.6 Å². The first-order chi connectivity index (χ1) is 53.1. The summed E-state index contributed by atoms with van der Waals surface area (Å²) in [6.07, 6.45) is 25.6. The molecule has 9 aromatic rings. The Morgan fingerprint density at radius 3 is 0.991 bits per heavy atom. The predicted octanol–water partition coefficient (Wildman–Crippen LogP) is 27.7. The van der Waals surface area contributed by atoms with Crippen molar-refractivity contribution in [3.63, 3.8) is 0 Å². The Morgan fingerprint density at radius 2 is 0.651 bits per heavy atom. The lowest BCUT2D eigenvalue weighted by atomic mass is 9.98. The van der Waals surface area contributed by atoms with Gasteiger partial charge in [0.2, 0.25) is 0 Å². The van der Waals surface area contributed by atoms with Gasteiger partial charge >= 0.3 is 0 Å². The number of rotatable bonds is 31. The molecule has 548 valence electrons. The van der Waals surface area contributed by atoms with Crippen molar-refractivity contribution in [2.45, 2.75) is 177 Å². The average Bonchev–Trinajstić information content (AvgIpc) is 1.54. The van der Waals surface area contributed by atoms with Gasteiger partial charge in [0, 0.05) is 107 Å². The molecular weight excluding hydrogens is 1470 g/mol. The van der Waals surface area contributed by atoms with Gasteiger partial charge < -0.3 is 0 Å². The molecule has 0 spiro atoms. The number of halogens is 4. The summed E-state index contributed by atoms with van der Waals surface area (Å²) in [6.45, 7) is 8.87. The Bertz CT molecular complexity index is 5320. The van der Waals surface area contributed by atoms with E-state index in [0.717, 1.165) is 204 Å². The monoisotopic (exact) mass is 1550 g/mol. The van der Waals surface area contributed by atoms with Gasteiger partial charge in [-0.1, -0.05) is 201 Å². The number of carbonyl (C=O) groups excluding carboxylic acids is 2. The summed E-state index contributed by atoms with van der Waals surface area (Å²) < 4.78 is 62.8. The summed E-state index contributed by atoms with van der Waals surface area (Å²) in [7, 11) is 0. The van der Waals surface area contributed by atoms with Crippen LogP contribution in [0.3, 0.4) is 0 Å². The Hall–Kier alpha value is -9.20. The van der Waals surface area contributed by atoms with Gasteiger partial charge in [-0.05, 0) is 199 Å². The molecule has 0 bridgehead atoms. The molecule has 16 heteroatoms. The molecule has 0 saturated heterocycles. The SMILES string of the molecule is CCCCCCc1ccc(CS/C(Sc2ccc(CCCCCC)cc2)=C2/c3cc4c(cc3-c3sc(/C=C5\C(=O)c6cc(F)c(F)cc6C5=C(C#N)C#N)cc32)C(=C(Sc2ccc(CCCCCC)cc2)Sc2ccc(CCCCCC)cc2)c2cc(/C=C3\C(=O)c5cc(F)c(F)cc5C3=C(C#N)C#N)sc2-4)cc1. The summed E-state index contributed by atoms with van der Waals surface area (Å²) in [6, 6.07) is 55.2. The first kappa shape index (κ1) is 77.9. The van der Waals surface area contributed by atoms with Crippen LogP contribution in [0.4, 0.5) is 17.6 Å². The zero-order valence-electron chi connectivity index (χ0n) is 61.4. The van der Waals surface area contributed by atoms with E-state index in [-0.39, 0.29) is 44.5 Å². The first-order valence-electron chi connectivity index (χ1n) is 37.7. The molecule has 0 radical (unpaired) electrons. The minimum atomic E-state index is -1.23. The number of allylic oxidation sites excluding steroid dienone is 6. The number of unbranched alkanes of at least 4 members (excludes halogenated alkanes) is 12. The second-order valence-electron chi connectivity index (χ2n) is 28.0. The largest absolute Gasteiger partial charge is 0.289 e. The molecular formula is C93H80F4N4O2S6. The number of hydrogen-bond donors (Lipinski definition) is 0. The van der Waals surface area contributed by atoms with Crippen molar-refractivity contribution < 1.29 is 27.2 Å². The van der Waals surface area contributed by atoms with Crippen LogP contribution < -0.4 is 0 Å². The zero-order chi connectivity index (χ0) is 76.2. The van der Waals surface area contributed by atoms with E-state index in [0.29, 0.717) is 15.5 Å². The van der Waals surface area contributed by atoms with Crippen LogP contribution in [-0.2, 0) is 31.4 Å². The molecule has 0 N–H and O–H groups in total. The number of Topliss-reactive ketones (excluding diaryl/α,β-unsaturated/α-hetero) is 2. The molecule has 0 atom stereocenters. The summed E-state index contributed by atoms with van der Waals surface area (Å²) in [5.74, 6) is -5.56. The van der Waals surface area contributed by atoms with Crippen LogP contribution in [0.2, 0.25) is 0 Å². The normalized spacial score (nSPS) is 14.1. The van der Waals surface area contributed by atoms with Gasteiger partial charge in [-0.3, -0.25) is 9.59 Å². The molecule has 0 amide bonds. The van der Waals surface area contributed by atoms with Crippen molar-refractivity contribution in [3.05, 3.63) is 282 Å². The number of fused-ring (bicyclic) bond motifs is 8. The van der Waals surface area contributed by atoms with Crippen LogP contribution in [0.15, 0.2) is 191 Å². The third kappa shape index (κ3) is 17.2. The maximum Gasteiger partial charge on any atom is 0.194 e. The quantitative estimate of drug-likeness (QED) is 0.0136. The summed E-state index contributed by atoms with van der Waals surface area (Å²) in [5, 5.41) is 41.7. The highest BCUT2D eigenvalue weighted by atomic mass is 32.2. The van der Waals surface area contributed by atoms with E-state index < -0.39 is 46.0 Å². The first-order valence-corrected chi connectivity index (χ1v) is 42.8. The molecule has 2 heterocycles. The number of carbonyl (C=O) groups is 2. The van der Waals surface area contributed by atoms with Crippen LogP contribution in [0, 0.1) is 68.6 Å². The van der Waals surface area contributed by atoms with E-state index in [1.165, 1.54) is 77.0 Å². The Labute approximate surface area is 662 Å². The van der Waals surface area contributed by atoms with Gasteiger partial charge in [0.05, 0.1) is 8.47 Å². The fourth-order valence-corrected chi connectivity index (χ4v) is 21.7. The van der Waals surface area contributed by atoms with E-state index in [1.807, 2.05) is 36.4 Å². The number of benzene rings is 7. The number of nitrogens with zero attached hydrogens (tertiary/aromatic N) is 4. The molecule has 7 aromatic carbocycles. The lowest BCUT2D eigenvalue weighted by molar-refractivity contribution is 0.103. The Kier molecular flexibility index (Phi) is 25.8.